The number of piperidine rings is 1. The lowest BCUT2D eigenvalue weighted by Crippen LogP contribution is -2.54. The number of amides is 2. The Labute approximate surface area is 223 Å². The third-order valence-corrected chi connectivity index (χ3v) is 7.12. The number of hydrogen-bond donors (Lipinski definition) is 2. The molecule has 0 bridgehead atoms. The number of carbonyl (C=O) groups excluding carboxylic acids is 2. The third kappa shape index (κ3) is 5.32. The number of rotatable bonds is 3. The Hall–Kier alpha value is -3.61. The van der Waals surface area contributed by atoms with E-state index in [1.807, 2.05) is 0 Å². The van der Waals surface area contributed by atoms with E-state index in [4.69, 9.17) is 9.15 Å². The molecule has 0 spiro atoms. The van der Waals surface area contributed by atoms with Crippen molar-refractivity contribution in [3.63, 3.8) is 0 Å². The Balaban J connectivity index is 1.33. The second-order valence-corrected chi connectivity index (χ2v) is 11.0. The first-order valence-electron chi connectivity index (χ1n) is 12.8. The van der Waals surface area contributed by atoms with Gasteiger partial charge in [-0.05, 0) is 46.1 Å². The van der Waals surface area contributed by atoms with E-state index in [0.717, 1.165) is 5.01 Å². The van der Waals surface area contributed by atoms with Crippen LogP contribution in [-0.4, -0.2) is 69.2 Å². The largest absolute Gasteiger partial charge is 0.444 e. The number of allylic oxidation sites excluding steroid dienone is 1. The van der Waals surface area contributed by atoms with Crippen molar-refractivity contribution in [1.82, 2.24) is 30.8 Å². The highest BCUT2D eigenvalue weighted by Gasteiger charge is 2.58. The van der Waals surface area contributed by atoms with Gasteiger partial charge in [-0.1, -0.05) is 30.3 Å². The summed E-state index contributed by atoms with van der Waals surface area (Å²) in [4.78, 5) is 27.5. The Morgan fingerprint density at radius 3 is 2.38 bits per heavy atom. The molecule has 13 heteroatoms. The summed E-state index contributed by atoms with van der Waals surface area (Å²) in [5.41, 5.74) is 2.60. The molecule has 2 saturated heterocycles. The van der Waals surface area contributed by atoms with Gasteiger partial charge in [-0.3, -0.25) is 4.79 Å². The molecule has 1 aromatic carbocycles. The van der Waals surface area contributed by atoms with Gasteiger partial charge in [0.2, 0.25) is 5.89 Å². The lowest BCUT2D eigenvalue weighted by Gasteiger charge is -2.34. The second kappa shape index (κ2) is 9.85. The van der Waals surface area contributed by atoms with E-state index < -0.39 is 35.8 Å². The summed E-state index contributed by atoms with van der Waals surface area (Å²) < 4.78 is 53.4. The number of hydrogen-bond acceptors (Lipinski definition) is 8. The standard InChI is InChI=1S/C26H31F3N6O4/c1-14-17(22-32-31-21(38-22)16-10-12-34(13-11-16)24(37)39-25(2,3)4)23(36)35-20(30-14)18(15-8-6-5-7-9-15)19(33-35)26(27,28)29/h5-9,16,18-20,30,33H,10-13H2,1-4H3. The number of hydrazine groups is 1. The smallest absolute Gasteiger partial charge is 0.410 e. The molecule has 2 amide bonds. The molecule has 2 N–H and O–H groups in total. The van der Waals surface area contributed by atoms with E-state index in [1.54, 1.807) is 62.9 Å². The van der Waals surface area contributed by atoms with Crippen molar-refractivity contribution in [2.24, 2.45) is 0 Å². The summed E-state index contributed by atoms with van der Waals surface area (Å²) in [6, 6.07) is 6.33. The number of fused-ring (bicyclic) bond motifs is 1. The van der Waals surface area contributed by atoms with Gasteiger partial charge >= 0.3 is 12.3 Å². The van der Waals surface area contributed by atoms with E-state index in [2.05, 4.69) is 20.9 Å². The molecule has 10 nitrogen and oxygen atoms in total. The first kappa shape index (κ1) is 27.0. The topological polar surface area (TPSA) is 113 Å². The zero-order valence-electron chi connectivity index (χ0n) is 22.1. The van der Waals surface area contributed by atoms with Gasteiger partial charge in [0, 0.05) is 24.7 Å². The molecule has 2 fully saturated rings. The maximum atomic E-state index is 14.0. The molecule has 3 unspecified atom stereocenters. The van der Waals surface area contributed by atoms with Crippen molar-refractivity contribution in [2.75, 3.05) is 13.1 Å². The SMILES string of the molecule is CC1=C(c2nnc(C3CCN(C(=O)OC(C)(C)C)CC3)o2)C(=O)N2NC(C(F)(F)F)C(c3ccccc3)C2N1. The lowest BCUT2D eigenvalue weighted by molar-refractivity contribution is -0.161. The van der Waals surface area contributed by atoms with E-state index in [1.165, 1.54) is 0 Å². The maximum absolute atomic E-state index is 14.0. The predicted octanol–water partition coefficient (Wildman–Crippen LogP) is 3.91. The van der Waals surface area contributed by atoms with Crippen LogP contribution < -0.4 is 10.7 Å². The number of nitrogens with zero attached hydrogens (tertiary/aromatic N) is 4. The molecule has 39 heavy (non-hydrogen) atoms. The van der Waals surface area contributed by atoms with Crippen LogP contribution in [0, 0.1) is 0 Å². The van der Waals surface area contributed by atoms with Gasteiger partial charge < -0.3 is 19.4 Å². The number of benzene rings is 1. The Morgan fingerprint density at radius 1 is 1.10 bits per heavy atom. The third-order valence-electron chi connectivity index (χ3n) is 7.12. The van der Waals surface area contributed by atoms with Crippen molar-refractivity contribution < 1.29 is 31.9 Å². The van der Waals surface area contributed by atoms with E-state index in [9.17, 15) is 22.8 Å². The monoisotopic (exact) mass is 548 g/mol. The molecule has 3 aliphatic rings. The van der Waals surface area contributed by atoms with Crippen molar-refractivity contribution in [1.29, 1.82) is 0 Å². The van der Waals surface area contributed by atoms with Gasteiger partial charge in [-0.2, -0.15) is 13.2 Å². The quantitative estimate of drug-likeness (QED) is 0.594. The van der Waals surface area contributed by atoms with Crippen molar-refractivity contribution >= 4 is 17.6 Å². The first-order chi connectivity index (χ1) is 18.3. The zero-order valence-corrected chi connectivity index (χ0v) is 22.1. The average molecular weight is 549 g/mol. The number of halogens is 3. The fourth-order valence-electron chi connectivity index (χ4n) is 5.28. The number of nitrogens with one attached hydrogen (secondary N) is 2. The van der Waals surface area contributed by atoms with Crippen LogP contribution in [0.15, 0.2) is 40.4 Å². The molecule has 0 aliphatic carbocycles. The van der Waals surface area contributed by atoms with Crippen LogP contribution in [0.5, 0.6) is 0 Å². The minimum atomic E-state index is -4.60. The number of alkyl halides is 3. The number of carbonyl (C=O) groups is 2. The van der Waals surface area contributed by atoms with Gasteiger partial charge in [-0.25, -0.2) is 15.2 Å². The van der Waals surface area contributed by atoms with Crippen molar-refractivity contribution in [2.45, 2.75) is 76.4 Å². The van der Waals surface area contributed by atoms with Crippen LogP contribution in [0.4, 0.5) is 18.0 Å². The fraction of sp³-hybridized carbons (Fsp3) is 0.538. The van der Waals surface area contributed by atoms with E-state index >= 15 is 0 Å². The average Bonchev–Trinajstić information content (AvgIpc) is 3.49. The van der Waals surface area contributed by atoms with Gasteiger partial charge in [0.25, 0.3) is 11.8 Å². The second-order valence-electron chi connectivity index (χ2n) is 11.0. The summed E-state index contributed by atoms with van der Waals surface area (Å²) in [5.74, 6) is -1.64. The fourth-order valence-corrected chi connectivity index (χ4v) is 5.28. The molecule has 210 valence electrons. The summed E-state index contributed by atoms with van der Waals surface area (Å²) in [7, 11) is 0. The normalized spacial score (nSPS) is 24.6. The molecule has 3 aliphatic heterocycles. The zero-order chi connectivity index (χ0) is 28.1. The van der Waals surface area contributed by atoms with Crippen LogP contribution in [0.25, 0.3) is 5.57 Å². The maximum Gasteiger partial charge on any atom is 0.410 e. The van der Waals surface area contributed by atoms with Gasteiger partial charge in [0.1, 0.15) is 23.4 Å². The minimum Gasteiger partial charge on any atom is -0.444 e. The van der Waals surface area contributed by atoms with Crippen molar-refractivity contribution in [3.8, 4) is 0 Å². The highest BCUT2D eigenvalue weighted by molar-refractivity contribution is 6.19. The number of aromatic nitrogens is 2. The Morgan fingerprint density at radius 2 is 1.77 bits per heavy atom. The summed E-state index contributed by atoms with van der Waals surface area (Å²) in [6.07, 6.45) is -4.82. The van der Waals surface area contributed by atoms with Crippen LogP contribution in [0.1, 0.15) is 69.7 Å². The molecule has 1 aromatic heterocycles. The predicted molar refractivity (Wildman–Crippen MR) is 133 cm³/mol. The summed E-state index contributed by atoms with van der Waals surface area (Å²) in [5, 5.41) is 12.2. The van der Waals surface area contributed by atoms with Crippen LogP contribution in [0.3, 0.4) is 0 Å². The molecule has 2 aromatic rings. The van der Waals surface area contributed by atoms with Crippen molar-refractivity contribution in [3.05, 3.63) is 53.4 Å². The molecule has 3 atom stereocenters. The molecule has 0 radical (unpaired) electrons. The van der Waals surface area contributed by atoms with E-state index in [-0.39, 0.29) is 23.5 Å². The lowest BCUT2D eigenvalue weighted by atomic mass is 9.89. The first-order valence-corrected chi connectivity index (χ1v) is 12.8. The van der Waals surface area contributed by atoms with E-state index in [0.29, 0.717) is 43.1 Å². The minimum absolute atomic E-state index is 0.0123. The molecule has 5 rings (SSSR count). The summed E-state index contributed by atoms with van der Waals surface area (Å²) >= 11 is 0. The highest BCUT2D eigenvalue weighted by Crippen LogP contribution is 2.42. The molecular weight excluding hydrogens is 517 g/mol. The van der Waals surface area contributed by atoms with Crippen LogP contribution >= 0.6 is 0 Å². The van der Waals surface area contributed by atoms with Crippen LogP contribution in [0.2, 0.25) is 0 Å². The molecular formula is C26H31F3N6O4. The van der Waals surface area contributed by atoms with Gasteiger partial charge in [0.05, 0.1) is 5.92 Å². The van der Waals surface area contributed by atoms with Gasteiger partial charge in [0.15, 0.2) is 0 Å². The summed E-state index contributed by atoms with van der Waals surface area (Å²) in [6.45, 7) is 7.91. The molecule has 0 saturated carbocycles. The number of likely N-dealkylation sites (tertiary alicyclic amines) is 1. The van der Waals surface area contributed by atoms with Crippen LogP contribution in [-0.2, 0) is 9.53 Å². The number of ether oxygens (including phenoxy) is 1. The Kier molecular flexibility index (Phi) is 6.81. The Bertz CT molecular complexity index is 1260. The van der Waals surface area contributed by atoms with Gasteiger partial charge in [-0.15, -0.1) is 10.2 Å². The highest BCUT2D eigenvalue weighted by atomic mass is 19.4. The molecule has 4 heterocycles.